The van der Waals surface area contributed by atoms with Gasteiger partial charge in [0.05, 0.1) is 12.4 Å². The highest BCUT2D eigenvalue weighted by Gasteiger charge is 2.29. The van der Waals surface area contributed by atoms with Crippen molar-refractivity contribution in [2.75, 3.05) is 39.1 Å². The smallest absolute Gasteiger partial charge is 0.230 e. The third-order valence-electron chi connectivity index (χ3n) is 3.00. The second kappa shape index (κ2) is 8.43. The van der Waals surface area contributed by atoms with Crippen molar-refractivity contribution >= 4 is 23.6 Å². The van der Waals surface area contributed by atoms with E-state index >= 15 is 0 Å². The van der Waals surface area contributed by atoms with Crippen molar-refractivity contribution in [1.82, 2.24) is 10.2 Å². The number of thioether (sulfide) groups is 1. The van der Waals surface area contributed by atoms with Gasteiger partial charge in [0.25, 0.3) is 0 Å². The number of carbonyl (C=O) groups excluding carboxylic acids is 2. The highest BCUT2D eigenvalue weighted by atomic mass is 32.2. The van der Waals surface area contributed by atoms with Crippen LogP contribution in [0.1, 0.15) is 20.3 Å². The van der Waals surface area contributed by atoms with Gasteiger partial charge in [-0.1, -0.05) is 13.8 Å². The predicted octanol–water partition coefficient (Wildman–Crippen LogP) is 0.739. The van der Waals surface area contributed by atoms with E-state index in [-0.39, 0.29) is 17.7 Å². The number of hydrogen-bond donors (Lipinski definition) is 1. The molecule has 2 amide bonds. The first kappa shape index (κ1) is 16.3. The number of likely N-dealkylation sites (tertiary alicyclic amines) is 1. The lowest BCUT2D eigenvalue weighted by Gasteiger charge is -2.16. The summed E-state index contributed by atoms with van der Waals surface area (Å²) in [5, 5.41) is 3.37. The van der Waals surface area contributed by atoms with Gasteiger partial charge in [-0.25, -0.2) is 0 Å². The Hall–Kier alpha value is -0.750. The Balaban J connectivity index is 2.20. The SMILES string of the molecule is COCCN1C[C@H](CNC(=O)CSC(C)C)CC1=O. The van der Waals surface area contributed by atoms with Crippen molar-refractivity contribution in [3.05, 3.63) is 0 Å². The third kappa shape index (κ3) is 6.29. The molecule has 1 aliphatic heterocycles. The van der Waals surface area contributed by atoms with Crippen LogP contribution in [0.25, 0.3) is 0 Å². The van der Waals surface area contributed by atoms with E-state index in [2.05, 4.69) is 19.2 Å². The fraction of sp³-hybridized carbons (Fsp3) is 0.846. The maximum Gasteiger partial charge on any atom is 0.230 e. The summed E-state index contributed by atoms with van der Waals surface area (Å²) < 4.78 is 4.97. The molecule has 0 aromatic rings. The molecule has 0 aromatic heterocycles. The zero-order valence-corrected chi connectivity index (χ0v) is 12.8. The number of hydrogen-bond acceptors (Lipinski definition) is 4. The summed E-state index contributed by atoms with van der Waals surface area (Å²) in [7, 11) is 1.63. The van der Waals surface area contributed by atoms with Crippen molar-refractivity contribution in [1.29, 1.82) is 0 Å². The maximum atomic E-state index is 11.7. The van der Waals surface area contributed by atoms with Crippen molar-refractivity contribution in [3.63, 3.8) is 0 Å². The zero-order chi connectivity index (χ0) is 14.3. The molecule has 1 atom stereocenters. The molecule has 0 aliphatic carbocycles. The van der Waals surface area contributed by atoms with E-state index in [0.717, 1.165) is 6.54 Å². The number of methoxy groups -OCH3 is 1. The zero-order valence-electron chi connectivity index (χ0n) is 12.0. The van der Waals surface area contributed by atoms with Crippen LogP contribution in [0.5, 0.6) is 0 Å². The average molecular weight is 288 g/mol. The number of ether oxygens (including phenoxy) is 1. The monoisotopic (exact) mass is 288 g/mol. The third-order valence-corrected chi connectivity index (χ3v) is 4.09. The van der Waals surface area contributed by atoms with Crippen LogP contribution in [0, 0.1) is 5.92 Å². The lowest BCUT2D eigenvalue weighted by atomic mass is 10.1. The fourth-order valence-corrected chi connectivity index (χ4v) is 2.55. The van der Waals surface area contributed by atoms with Crippen LogP contribution in [0.3, 0.4) is 0 Å². The fourth-order valence-electron chi connectivity index (χ4n) is 1.96. The second-order valence-corrected chi connectivity index (χ2v) is 6.63. The summed E-state index contributed by atoms with van der Waals surface area (Å²) in [6.45, 7) is 6.66. The molecule has 0 saturated carbocycles. The minimum atomic E-state index is 0.0569. The number of amides is 2. The van der Waals surface area contributed by atoms with E-state index in [4.69, 9.17) is 4.74 Å². The van der Waals surface area contributed by atoms with E-state index in [1.807, 2.05) is 4.90 Å². The average Bonchev–Trinajstić information content (AvgIpc) is 2.72. The largest absolute Gasteiger partial charge is 0.383 e. The molecule has 0 bridgehead atoms. The van der Waals surface area contributed by atoms with Gasteiger partial charge in [-0.3, -0.25) is 9.59 Å². The van der Waals surface area contributed by atoms with E-state index in [1.165, 1.54) is 0 Å². The maximum absolute atomic E-state index is 11.7. The first-order valence-electron chi connectivity index (χ1n) is 6.68. The van der Waals surface area contributed by atoms with Gasteiger partial charge < -0.3 is 15.0 Å². The summed E-state index contributed by atoms with van der Waals surface area (Å²) in [5.74, 6) is 0.942. The molecular weight excluding hydrogens is 264 g/mol. The van der Waals surface area contributed by atoms with Crippen molar-refractivity contribution in [2.45, 2.75) is 25.5 Å². The normalized spacial score (nSPS) is 19.3. The number of rotatable bonds is 8. The molecule has 6 heteroatoms. The standard InChI is InChI=1S/C13H24N2O3S/c1-10(2)19-9-12(16)14-7-11-6-13(17)15(8-11)4-5-18-3/h10-11H,4-9H2,1-3H3,(H,14,16)/t11-/m0/s1. The van der Waals surface area contributed by atoms with E-state index in [1.54, 1.807) is 18.9 Å². The Bertz CT molecular complexity index is 310. The van der Waals surface area contributed by atoms with E-state index < -0.39 is 0 Å². The summed E-state index contributed by atoms with van der Waals surface area (Å²) in [5.41, 5.74) is 0. The number of nitrogens with one attached hydrogen (secondary N) is 1. The summed E-state index contributed by atoms with van der Waals surface area (Å²) in [4.78, 5) is 25.1. The van der Waals surface area contributed by atoms with Gasteiger partial charge in [-0.05, 0) is 5.25 Å². The molecule has 5 nitrogen and oxygen atoms in total. The first-order valence-corrected chi connectivity index (χ1v) is 7.72. The van der Waals surface area contributed by atoms with E-state index in [9.17, 15) is 9.59 Å². The van der Waals surface area contributed by atoms with Gasteiger partial charge in [0.2, 0.25) is 11.8 Å². The van der Waals surface area contributed by atoms with Gasteiger partial charge >= 0.3 is 0 Å². The van der Waals surface area contributed by atoms with Crippen molar-refractivity contribution in [3.8, 4) is 0 Å². The van der Waals surface area contributed by atoms with Gasteiger partial charge in [-0.15, -0.1) is 11.8 Å². The van der Waals surface area contributed by atoms with Gasteiger partial charge in [0.15, 0.2) is 0 Å². The topological polar surface area (TPSA) is 58.6 Å². The molecule has 1 saturated heterocycles. The molecule has 0 aromatic carbocycles. The van der Waals surface area contributed by atoms with Crippen LogP contribution in [0.2, 0.25) is 0 Å². The molecule has 110 valence electrons. The summed E-state index contributed by atoms with van der Waals surface area (Å²) in [6.07, 6.45) is 0.529. The van der Waals surface area contributed by atoms with Crippen LogP contribution in [0.15, 0.2) is 0 Å². The van der Waals surface area contributed by atoms with Crippen LogP contribution >= 0.6 is 11.8 Å². The van der Waals surface area contributed by atoms with Crippen molar-refractivity contribution < 1.29 is 14.3 Å². The van der Waals surface area contributed by atoms with Crippen LogP contribution in [-0.2, 0) is 14.3 Å². The summed E-state index contributed by atoms with van der Waals surface area (Å²) in [6, 6.07) is 0. The minimum Gasteiger partial charge on any atom is -0.383 e. The molecule has 1 heterocycles. The highest BCUT2D eigenvalue weighted by Crippen LogP contribution is 2.16. The Labute approximate surface area is 119 Å². The molecule has 0 unspecified atom stereocenters. The highest BCUT2D eigenvalue weighted by molar-refractivity contribution is 8.00. The van der Waals surface area contributed by atoms with Gasteiger partial charge in [-0.2, -0.15) is 0 Å². The number of nitrogens with zero attached hydrogens (tertiary/aromatic N) is 1. The first-order chi connectivity index (χ1) is 9.02. The lowest BCUT2D eigenvalue weighted by molar-refractivity contribution is -0.128. The minimum absolute atomic E-state index is 0.0569. The molecule has 0 radical (unpaired) electrons. The molecule has 1 N–H and O–H groups in total. The van der Waals surface area contributed by atoms with Crippen LogP contribution < -0.4 is 5.32 Å². The molecule has 19 heavy (non-hydrogen) atoms. The summed E-state index contributed by atoms with van der Waals surface area (Å²) >= 11 is 1.63. The van der Waals surface area contributed by atoms with Gasteiger partial charge in [0, 0.05) is 39.1 Å². The van der Waals surface area contributed by atoms with E-state index in [0.29, 0.717) is 37.1 Å². The molecule has 1 fully saturated rings. The molecule has 0 spiro atoms. The van der Waals surface area contributed by atoms with Crippen molar-refractivity contribution in [2.24, 2.45) is 5.92 Å². The molecular formula is C13H24N2O3S. The predicted molar refractivity (Wildman–Crippen MR) is 77.2 cm³/mol. The Morgan fingerprint density at radius 1 is 1.58 bits per heavy atom. The lowest BCUT2D eigenvalue weighted by Crippen LogP contribution is -2.33. The number of carbonyl (C=O) groups is 2. The second-order valence-electron chi connectivity index (χ2n) is 5.07. The van der Waals surface area contributed by atoms with Gasteiger partial charge in [0.1, 0.15) is 0 Å². The van der Waals surface area contributed by atoms with Crippen LogP contribution in [0.4, 0.5) is 0 Å². The molecule has 1 rings (SSSR count). The Kier molecular flexibility index (Phi) is 7.23. The Morgan fingerprint density at radius 2 is 2.32 bits per heavy atom. The molecule has 1 aliphatic rings. The quantitative estimate of drug-likeness (QED) is 0.716. The van der Waals surface area contributed by atoms with Crippen LogP contribution in [-0.4, -0.2) is 61.1 Å². The Morgan fingerprint density at radius 3 is 2.95 bits per heavy atom.